The lowest BCUT2D eigenvalue weighted by Crippen LogP contribution is -2.06. The lowest BCUT2D eigenvalue weighted by atomic mass is 10.0. The third-order valence-electron chi connectivity index (χ3n) is 2.50. The molecule has 0 heterocycles. The molecule has 0 aromatic heterocycles. The Hall–Kier alpha value is -0.560. The highest BCUT2D eigenvalue weighted by Crippen LogP contribution is 2.31. The molecule has 1 aliphatic carbocycles. The molecular formula is C13H22O. The summed E-state index contributed by atoms with van der Waals surface area (Å²) in [5, 5.41) is 10.0. The number of aliphatic hydroxyl groups excluding tert-OH is 1. The van der Waals surface area contributed by atoms with Crippen LogP contribution in [0.25, 0.3) is 0 Å². The standard InChI is InChI=1S/C13H22O/c1-9(2)7-11-5-6-12(13(11)14)8-10(3)4/h7-10,13-14H,5-6H2,1-4H3. The van der Waals surface area contributed by atoms with E-state index < -0.39 is 0 Å². The fourth-order valence-electron chi connectivity index (χ4n) is 2.01. The first-order chi connectivity index (χ1) is 6.50. The molecule has 0 spiro atoms. The molecule has 0 aliphatic heterocycles. The van der Waals surface area contributed by atoms with Gasteiger partial charge in [0.05, 0.1) is 6.10 Å². The third kappa shape index (κ3) is 2.98. The maximum absolute atomic E-state index is 10.0. The molecular weight excluding hydrogens is 172 g/mol. The Balaban J connectivity index is 2.74. The molecule has 0 aromatic rings. The quantitative estimate of drug-likeness (QED) is 0.669. The van der Waals surface area contributed by atoms with Gasteiger partial charge in [-0.05, 0) is 35.8 Å². The monoisotopic (exact) mass is 194 g/mol. The molecule has 14 heavy (non-hydrogen) atoms. The second-order valence-corrected chi connectivity index (χ2v) is 4.87. The summed E-state index contributed by atoms with van der Waals surface area (Å²) >= 11 is 0. The zero-order chi connectivity index (χ0) is 10.7. The van der Waals surface area contributed by atoms with E-state index in [0.717, 1.165) is 12.8 Å². The van der Waals surface area contributed by atoms with E-state index >= 15 is 0 Å². The van der Waals surface area contributed by atoms with Crippen LogP contribution in [0.2, 0.25) is 0 Å². The van der Waals surface area contributed by atoms with E-state index in [1.54, 1.807) is 0 Å². The summed E-state index contributed by atoms with van der Waals surface area (Å²) in [7, 11) is 0. The Kier molecular flexibility index (Phi) is 3.94. The molecule has 1 nitrogen and oxygen atoms in total. The van der Waals surface area contributed by atoms with Gasteiger partial charge in [0.15, 0.2) is 0 Å². The smallest absolute Gasteiger partial charge is 0.0961 e. The van der Waals surface area contributed by atoms with Gasteiger partial charge in [-0.3, -0.25) is 0 Å². The Labute approximate surface area is 87.5 Å². The molecule has 0 bridgehead atoms. The van der Waals surface area contributed by atoms with Crippen LogP contribution in [-0.4, -0.2) is 11.2 Å². The van der Waals surface area contributed by atoms with E-state index in [9.17, 15) is 5.11 Å². The van der Waals surface area contributed by atoms with Crippen molar-refractivity contribution in [2.45, 2.75) is 46.6 Å². The molecule has 0 radical (unpaired) electrons. The Morgan fingerprint density at radius 2 is 1.36 bits per heavy atom. The highest BCUT2D eigenvalue weighted by molar-refractivity contribution is 5.31. The van der Waals surface area contributed by atoms with Crippen molar-refractivity contribution in [1.82, 2.24) is 0 Å². The molecule has 0 aromatic carbocycles. The second kappa shape index (κ2) is 4.79. The van der Waals surface area contributed by atoms with Crippen LogP contribution < -0.4 is 0 Å². The first kappa shape index (κ1) is 11.5. The van der Waals surface area contributed by atoms with Gasteiger partial charge in [0.1, 0.15) is 0 Å². The van der Waals surface area contributed by atoms with Crippen molar-refractivity contribution >= 4 is 0 Å². The fraction of sp³-hybridized carbons (Fsp3) is 0.692. The molecule has 80 valence electrons. The minimum atomic E-state index is -0.292. The maximum atomic E-state index is 10.0. The van der Waals surface area contributed by atoms with Crippen LogP contribution in [0.1, 0.15) is 40.5 Å². The molecule has 0 amide bonds. The van der Waals surface area contributed by atoms with Crippen molar-refractivity contribution < 1.29 is 5.11 Å². The summed E-state index contributed by atoms with van der Waals surface area (Å²) in [5.41, 5.74) is 2.43. The van der Waals surface area contributed by atoms with E-state index in [4.69, 9.17) is 0 Å². The highest BCUT2D eigenvalue weighted by Gasteiger charge is 2.23. The Morgan fingerprint density at radius 1 is 1.00 bits per heavy atom. The number of hydrogen-bond donors (Lipinski definition) is 1. The van der Waals surface area contributed by atoms with Crippen molar-refractivity contribution in [2.75, 3.05) is 0 Å². The van der Waals surface area contributed by atoms with Gasteiger partial charge in [0, 0.05) is 0 Å². The van der Waals surface area contributed by atoms with E-state index in [0.29, 0.717) is 11.8 Å². The van der Waals surface area contributed by atoms with Gasteiger partial charge in [-0.1, -0.05) is 39.8 Å². The van der Waals surface area contributed by atoms with Crippen LogP contribution in [0.5, 0.6) is 0 Å². The summed E-state index contributed by atoms with van der Waals surface area (Å²) in [6, 6.07) is 0. The first-order valence-electron chi connectivity index (χ1n) is 5.60. The first-order valence-corrected chi connectivity index (χ1v) is 5.60. The van der Waals surface area contributed by atoms with E-state index in [2.05, 4.69) is 39.8 Å². The van der Waals surface area contributed by atoms with E-state index in [-0.39, 0.29) is 6.10 Å². The predicted molar refractivity (Wildman–Crippen MR) is 61.1 cm³/mol. The van der Waals surface area contributed by atoms with Crippen LogP contribution in [0.3, 0.4) is 0 Å². The van der Waals surface area contributed by atoms with Crippen LogP contribution in [0.15, 0.2) is 23.3 Å². The normalized spacial score (nSPS) is 28.6. The summed E-state index contributed by atoms with van der Waals surface area (Å²) in [4.78, 5) is 0. The van der Waals surface area contributed by atoms with Gasteiger partial charge in [-0.25, -0.2) is 0 Å². The van der Waals surface area contributed by atoms with Crippen molar-refractivity contribution in [3.05, 3.63) is 23.3 Å². The molecule has 1 heteroatoms. The van der Waals surface area contributed by atoms with Gasteiger partial charge < -0.3 is 5.11 Å². The van der Waals surface area contributed by atoms with Gasteiger partial charge in [-0.15, -0.1) is 0 Å². The molecule has 1 aliphatic rings. The molecule has 0 saturated heterocycles. The highest BCUT2D eigenvalue weighted by atomic mass is 16.3. The number of allylic oxidation sites excluding steroid dienone is 2. The lowest BCUT2D eigenvalue weighted by Gasteiger charge is -2.09. The molecule has 0 unspecified atom stereocenters. The van der Waals surface area contributed by atoms with Crippen molar-refractivity contribution in [3.63, 3.8) is 0 Å². The van der Waals surface area contributed by atoms with Crippen LogP contribution >= 0.6 is 0 Å². The fourth-order valence-corrected chi connectivity index (χ4v) is 2.01. The Morgan fingerprint density at radius 3 is 1.64 bits per heavy atom. The van der Waals surface area contributed by atoms with Crippen LogP contribution in [0.4, 0.5) is 0 Å². The molecule has 1 fully saturated rings. The van der Waals surface area contributed by atoms with Crippen molar-refractivity contribution in [2.24, 2.45) is 11.8 Å². The third-order valence-corrected chi connectivity index (χ3v) is 2.50. The Bertz CT molecular complexity index is 220. The zero-order valence-electron chi connectivity index (χ0n) is 9.75. The van der Waals surface area contributed by atoms with Gasteiger partial charge >= 0.3 is 0 Å². The SMILES string of the molecule is CC(C)C=C1CCC(=CC(C)C)C1O. The predicted octanol–water partition coefficient (Wildman–Crippen LogP) is 3.31. The number of aliphatic hydroxyl groups is 1. The van der Waals surface area contributed by atoms with Gasteiger partial charge in [0.2, 0.25) is 0 Å². The topological polar surface area (TPSA) is 20.2 Å². The van der Waals surface area contributed by atoms with Crippen molar-refractivity contribution in [3.8, 4) is 0 Å². The minimum absolute atomic E-state index is 0.292. The average molecular weight is 194 g/mol. The second-order valence-electron chi connectivity index (χ2n) is 4.87. The zero-order valence-corrected chi connectivity index (χ0v) is 9.75. The molecule has 1 saturated carbocycles. The van der Waals surface area contributed by atoms with E-state index in [1.165, 1.54) is 11.1 Å². The van der Waals surface area contributed by atoms with Crippen LogP contribution in [-0.2, 0) is 0 Å². The van der Waals surface area contributed by atoms with Gasteiger partial charge in [-0.2, -0.15) is 0 Å². The lowest BCUT2D eigenvalue weighted by molar-refractivity contribution is 0.253. The summed E-state index contributed by atoms with van der Waals surface area (Å²) < 4.78 is 0. The van der Waals surface area contributed by atoms with Crippen molar-refractivity contribution in [1.29, 1.82) is 0 Å². The minimum Gasteiger partial charge on any atom is -0.384 e. The van der Waals surface area contributed by atoms with Gasteiger partial charge in [0.25, 0.3) is 0 Å². The average Bonchev–Trinajstić information content (AvgIpc) is 2.34. The number of rotatable bonds is 2. The molecule has 0 atom stereocenters. The molecule has 1 rings (SSSR count). The number of hydrogen-bond acceptors (Lipinski definition) is 1. The summed E-state index contributed by atoms with van der Waals surface area (Å²) in [6.45, 7) is 8.63. The molecule has 1 N–H and O–H groups in total. The summed E-state index contributed by atoms with van der Waals surface area (Å²) in [5.74, 6) is 1.08. The largest absolute Gasteiger partial charge is 0.384 e. The van der Waals surface area contributed by atoms with Crippen LogP contribution in [0, 0.1) is 11.8 Å². The maximum Gasteiger partial charge on any atom is 0.0961 e. The van der Waals surface area contributed by atoms with E-state index in [1.807, 2.05) is 0 Å². The summed E-state index contributed by atoms with van der Waals surface area (Å²) in [6.07, 6.45) is 6.19.